The Bertz CT molecular complexity index is 893. The first-order valence-corrected chi connectivity index (χ1v) is 9.36. The van der Waals surface area contributed by atoms with Gasteiger partial charge in [-0.25, -0.2) is 4.99 Å². The minimum atomic E-state index is -0.204. The summed E-state index contributed by atoms with van der Waals surface area (Å²) < 4.78 is 11.1. The van der Waals surface area contributed by atoms with E-state index in [2.05, 4.69) is 23.1 Å². The van der Waals surface area contributed by atoms with Gasteiger partial charge in [0.05, 0.1) is 32.0 Å². The van der Waals surface area contributed by atoms with Gasteiger partial charge in [0.15, 0.2) is 6.10 Å². The number of hydrogen-bond donors (Lipinski definition) is 0. The van der Waals surface area contributed by atoms with Crippen LogP contribution in [0.25, 0.3) is 0 Å². The second kappa shape index (κ2) is 8.78. The van der Waals surface area contributed by atoms with E-state index in [9.17, 15) is 0 Å². The summed E-state index contributed by atoms with van der Waals surface area (Å²) in [6.07, 6.45) is 2.28. The van der Waals surface area contributed by atoms with E-state index < -0.39 is 0 Å². The largest absolute Gasteiger partial charge is 0.496 e. The van der Waals surface area contributed by atoms with Crippen LogP contribution in [0.15, 0.2) is 46.5 Å². The Morgan fingerprint density at radius 2 is 1.96 bits per heavy atom. The predicted octanol–water partition coefficient (Wildman–Crippen LogP) is 4.49. The van der Waals surface area contributed by atoms with Gasteiger partial charge < -0.3 is 19.2 Å². The van der Waals surface area contributed by atoms with Crippen molar-refractivity contribution >= 4 is 17.7 Å². The molecule has 0 N–H and O–H groups in total. The lowest BCUT2D eigenvalue weighted by Crippen LogP contribution is -2.14. The van der Waals surface area contributed by atoms with Crippen LogP contribution < -0.4 is 9.47 Å². The minimum Gasteiger partial charge on any atom is -0.496 e. The summed E-state index contributed by atoms with van der Waals surface area (Å²) in [7, 11) is 5.32. The van der Waals surface area contributed by atoms with E-state index in [1.165, 1.54) is 0 Å². The Morgan fingerprint density at radius 1 is 1.21 bits per heavy atom. The lowest BCUT2D eigenvalue weighted by Gasteiger charge is -2.16. The van der Waals surface area contributed by atoms with Crippen molar-refractivity contribution in [3.63, 3.8) is 0 Å². The van der Waals surface area contributed by atoms with Gasteiger partial charge in [0.2, 0.25) is 0 Å². The van der Waals surface area contributed by atoms with Crippen LogP contribution in [-0.2, 0) is 4.84 Å². The van der Waals surface area contributed by atoms with Crippen molar-refractivity contribution in [2.75, 3.05) is 27.8 Å². The number of hydrogen-bond acceptors (Lipinski definition) is 5. The fraction of sp³-hybridized carbons (Fsp3) is 0.364. The molecule has 0 saturated carbocycles. The molecular formula is C22H27N3O3. The SMILES string of the molecule is CCN(C)C=Nc1cc(OC)c(C2CC(c3ccccc3OC)=NO2)cc1C. The fourth-order valence-electron chi connectivity index (χ4n) is 3.10. The summed E-state index contributed by atoms with van der Waals surface area (Å²) in [6, 6.07) is 11.9. The molecule has 0 amide bonds. The molecule has 3 rings (SSSR count). The van der Waals surface area contributed by atoms with Gasteiger partial charge in [-0.1, -0.05) is 17.3 Å². The second-order valence-corrected chi connectivity index (χ2v) is 6.73. The van der Waals surface area contributed by atoms with Crippen molar-refractivity contribution in [1.82, 2.24) is 4.90 Å². The van der Waals surface area contributed by atoms with Crippen LogP contribution in [0.3, 0.4) is 0 Å². The van der Waals surface area contributed by atoms with E-state index in [4.69, 9.17) is 14.3 Å². The molecule has 0 aromatic heterocycles. The number of oxime groups is 1. The van der Waals surface area contributed by atoms with Crippen molar-refractivity contribution in [1.29, 1.82) is 0 Å². The van der Waals surface area contributed by atoms with Gasteiger partial charge in [0.1, 0.15) is 11.5 Å². The Hall–Kier alpha value is -3.02. The van der Waals surface area contributed by atoms with Gasteiger partial charge in [0.25, 0.3) is 0 Å². The first kappa shape index (κ1) is 19.7. The molecule has 1 aliphatic heterocycles. The Kier molecular flexibility index (Phi) is 6.19. The number of ether oxygens (including phenoxy) is 2. The van der Waals surface area contributed by atoms with E-state index in [0.29, 0.717) is 6.42 Å². The highest BCUT2D eigenvalue weighted by Crippen LogP contribution is 2.39. The number of aliphatic imine (C=N–C) groups is 1. The summed E-state index contributed by atoms with van der Waals surface area (Å²) >= 11 is 0. The molecule has 148 valence electrons. The Morgan fingerprint density at radius 3 is 2.68 bits per heavy atom. The molecule has 0 saturated heterocycles. The predicted molar refractivity (Wildman–Crippen MR) is 112 cm³/mol. The summed E-state index contributed by atoms with van der Waals surface area (Å²) in [5.74, 6) is 1.54. The summed E-state index contributed by atoms with van der Waals surface area (Å²) in [5, 5.41) is 4.32. The maximum Gasteiger partial charge on any atom is 0.161 e. The third kappa shape index (κ3) is 4.11. The molecule has 0 spiro atoms. The van der Waals surface area contributed by atoms with E-state index in [1.54, 1.807) is 14.2 Å². The molecule has 0 aliphatic carbocycles. The molecular weight excluding hydrogens is 354 g/mol. The average Bonchev–Trinajstić information content (AvgIpc) is 3.22. The zero-order valence-corrected chi connectivity index (χ0v) is 17.1. The zero-order chi connectivity index (χ0) is 20.1. The third-order valence-corrected chi connectivity index (χ3v) is 4.87. The molecule has 0 fully saturated rings. The van der Waals surface area contributed by atoms with Crippen LogP contribution in [0.4, 0.5) is 5.69 Å². The smallest absolute Gasteiger partial charge is 0.161 e. The van der Waals surface area contributed by atoms with Gasteiger partial charge in [-0.3, -0.25) is 0 Å². The topological polar surface area (TPSA) is 55.7 Å². The lowest BCUT2D eigenvalue weighted by atomic mass is 9.97. The molecule has 2 aromatic carbocycles. The maximum absolute atomic E-state index is 5.76. The number of methoxy groups -OCH3 is 2. The Labute approximate surface area is 166 Å². The van der Waals surface area contributed by atoms with E-state index in [1.807, 2.05) is 55.5 Å². The summed E-state index contributed by atoms with van der Waals surface area (Å²) in [4.78, 5) is 12.4. The highest BCUT2D eigenvalue weighted by Gasteiger charge is 2.28. The molecule has 0 radical (unpaired) electrons. The molecule has 1 aliphatic rings. The molecule has 1 atom stereocenters. The van der Waals surface area contributed by atoms with Crippen LogP contribution in [0.5, 0.6) is 11.5 Å². The number of para-hydroxylation sites is 1. The van der Waals surface area contributed by atoms with Gasteiger partial charge in [-0.2, -0.15) is 0 Å². The molecule has 2 aromatic rings. The zero-order valence-electron chi connectivity index (χ0n) is 17.1. The number of rotatable bonds is 7. The van der Waals surface area contributed by atoms with Crippen LogP contribution in [-0.4, -0.2) is 44.8 Å². The molecule has 1 unspecified atom stereocenters. The standard InChI is InChI=1S/C22H27N3O3/c1-6-25(3)14-23-18-12-21(27-5)17(11-15(18)2)22-13-19(24-28-22)16-9-7-8-10-20(16)26-4/h7-12,14,22H,6,13H2,1-5H3. The third-order valence-electron chi connectivity index (χ3n) is 4.87. The molecule has 6 heteroatoms. The van der Waals surface area contributed by atoms with Crippen LogP contribution in [0.1, 0.15) is 36.1 Å². The van der Waals surface area contributed by atoms with Crippen LogP contribution >= 0.6 is 0 Å². The van der Waals surface area contributed by atoms with Crippen molar-refractivity contribution < 1.29 is 14.3 Å². The van der Waals surface area contributed by atoms with Crippen molar-refractivity contribution in [2.45, 2.75) is 26.4 Å². The first-order chi connectivity index (χ1) is 13.6. The van der Waals surface area contributed by atoms with E-state index in [-0.39, 0.29) is 6.10 Å². The van der Waals surface area contributed by atoms with Gasteiger partial charge >= 0.3 is 0 Å². The average molecular weight is 381 g/mol. The van der Waals surface area contributed by atoms with Crippen molar-refractivity contribution in [3.8, 4) is 11.5 Å². The van der Waals surface area contributed by atoms with Crippen molar-refractivity contribution in [3.05, 3.63) is 53.1 Å². The fourth-order valence-corrected chi connectivity index (χ4v) is 3.10. The normalized spacial score (nSPS) is 16.0. The molecule has 1 heterocycles. The summed E-state index contributed by atoms with van der Waals surface area (Å²) in [5.41, 5.74) is 4.73. The monoisotopic (exact) mass is 381 g/mol. The molecule has 0 bridgehead atoms. The highest BCUT2D eigenvalue weighted by atomic mass is 16.6. The van der Waals surface area contributed by atoms with Gasteiger partial charge in [-0.15, -0.1) is 0 Å². The van der Waals surface area contributed by atoms with Gasteiger partial charge in [0, 0.05) is 37.2 Å². The molecule has 6 nitrogen and oxygen atoms in total. The highest BCUT2D eigenvalue weighted by molar-refractivity contribution is 6.03. The Balaban J connectivity index is 1.85. The van der Waals surface area contributed by atoms with E-state index >= 15 is 0 Å². The van der Waals surface area contributed by atoms with Crippen LogP contribution in [0.2, 0.25) is 0 Å². The number of aryl methyl sites for hydroxylation is 1. The minimum absolute atomic E-state index is 0.204. The van der Waals surface area contributed by atoms with Crippen LogP contribution in [0, 0.1) is 6.92 Å². The maximum atomic E-state index is 5.76. The second-order valence-electron chi connectivity index (χ2n) is 6.73. The molecule has 28 heavy (non-hydrogen) atoms. The van der Waals surface area contributed by atoms with Gasteiger partial charge in [-0.05, 0) is 37.6 Å². The van der Waals surface area contributed by atoms with Crippen molar-refractivity contribution in [2.24, 2.45) is 10.1 Å². The quantitative estimate of drug-likeness (QED) is 0.524. The lowest BCUT2D eigenvalue weighted by molar-refractivity contribution is 0.0836. The number of nitrogens with zero attached hydrogens (tertiary/aromatic N) is 3. The number of benzene rings is 2. The summed E-state index contributed by atoms with van der Waals surface area (Å²) in [6.45, 7) is 5.02. The first-order valence-electron chi connectivity index (χ1n) is 9.36. The van der Waals surface area contributed by atoms with E-state index in [0.717, 1.165) is 46.1 Å².